The van der Waals surface area contributed by atoms with Crippen LogP contribution in [-0.4, -0.2) is 26.4 Å². The molecule has 1 aromatic rings. The van der Waals surface area contributed by atoms with Crippen molar-refractivity contribution < 1.29 is 9.47 Å². The van der Waals surface area contributed by atoms with Crippen molar-refractivity contribution in [3.8, 4) is 0 Å². The summed E-state index contributed by atoms with van der Waals surface area (Å²) in [6, 6.07) is 8.50. The van der Waals surface area contributed by atoms with Crippen LogP contribution < -0.4 is 5.32 Å². The van der Waals surface area contributed by atoms with Crippen LogP contribution in [0.1, 0.15) is 24.0 Å². The molecule has 1 atom stereocenters. The molecule has 0 bridgehead atoms. The fourth-order valence-corrected chi connectivity index (χ4v) is 2.12. The van der Waals surface area contributed by atoms with Crippen LogP contribution in [0.3, 0.4) is 0 Å². The zero-order valence-corrected chi connectivity index (χ0v) is 10.4. The second-order valence-corrected chi connectivity index (χ2v) is 4.50. The van der Waals surface area contributed by atoms with Gasteiger partial charge in [-0.3, -0.25) is 0 Å². The van der Waals surface area contributed by atoms with Gasteiger partial charge in [0.1, 0.15) is 0 Å². The standard InChI is InChI=1S/C14H21NO2/c1-15-9-12-4-2-5-13(8-12)10-16-11-14-6-3-7-17-14/h2,4-5,8,14-15H,3,6-7,9-11H2,1H3. The Balaban J connectivity index is 1.75. The third-order valence-corrected chi connectivity index (χ3v) is 2.97. The fourth-order valence-electron chi connectivity index (χ4n) is 2.12. The summed E-state index contributed by atoms with van der Waals surface area (Å²) in [5.74, 6) is 0. The molecule has 3 heteroatoms. The number of nitrogens with one attached hydrogen (secondary N) is 1. The van der Waals surface area contributed by atoms with Crippen LogP contribution in [0.15, 0.2) is 24.3 Å². The van der Waals surface area contributed by atoms with E-state index in [0.717, 1.165) is 26.2 Å². The van der Waals surface area contributed by atoms with E-state index in [-0.39, 0.29) is 0 Å². The molecule has 0 saturated carbocycles. The molecule has 1 aliphatic rings. The summed E-state index contributed by atoms with van der Waals surface area (Å²) in [7, 11) is 1.96. The van der Waals surface area contributed by atoms with Gasteiger partial charge in [0.05, 0.1) is 19.3 Å². The summed E-state index contributed by atoms with van der Waals surface area (Å²) in [6.07, 6.45) is 2.63. The molecule has 0 amide bonds. The molecule has 1 fully saturated rings. The summed E-state index contributed by atoms with van der Waals surface area (Å²) < 4.78 is 11.2. The van der Waals surface area contributed by atoms with Crippen LogP contribution in [0.2, 0.25) is 0 Å². The van der Waals surface area contributed by atoms with Gasteiger partial charge < -0.3 is 14.8 Å². The molecule has 2 rings (SSSR count). The molecule has 1 saturated heterocycles. The predicted octanol–water partition coefficient (Wildman–Crippen LogP) is 2.10. The molecule has 0 radical (unpaired) electrons. The van der Waals surface area contributed by atoms with E-state index >= 15 is 0 Å². The Bertz CT molecular complexity index is 335. The number of benzene rings is 1. The first kappa shape index (κ1) is 12.6. The quantitative estimate of drug-likeness (QED) is 0.819. The smallest absolute Gasteiger partial charge is 0.0809 e. The first-order valence-corrected chi connectivity index (χ1v) is 6.30. The molecule has 0 aliphatic carbocycles. The van der Waals surface area contributed by atoms with Crippen molar-refractivity contribution in [1.29, 1.82) is 0 Å². The fraction of sp³-hybridized carbons (Fsp3) is 0.571. The minimum Gasteiger partial charge on any atom is -0.376 e. The van der Waals surface area contributed by atoms with Crippen molar-refractivity contribution in [2.24, 2.45) is 0 Å². The number of hydrogen-bond acceptors (Lipinski definition) is 3. The van der Waals surface area contributed by atoms with Crippen molar-refractivity contribution in [1.82, 2.24) is 5.32 Å². The molecule has 3 nitrogen and oxygen atoms in total. The molecule has 1 aromatic carbocycles. The van der Waals surface area contributed by atoms with E-state index in [1.54, 1.807) is 0 Å². The van der Waals surface area contributed by atoms with Crippen molar-refractivity contribution in [2.45, 2.75) is 32.1 Å². The lowest BCUT2D eigenvalue weighted by atomic mass is 10.1. The Morgan fingerprint density at radius 2 is 2.29 bits per heavy atom. The third-order valence-electron chi connectivity index (χ3n) is 2.97. The molecular formula is C14H21NO2. The van der Waals surface area contributed by atoms with E-state index in [2.05, 4.69) is 29.6 Å². The van der Waals surface area contributed by atoms with E-state index < -0.39 is 0 Å². The molecule has 94 valence electrons. The Kier molecular flexibility index (Phi) is 4.98. The van der Waals surface area contributed by atoms with Gasteiger partial charge in [0, 0.05) is 13.2 Å². The first-order valence-electron chi connectivity index (χ1n) is 6.30. The van der Waals surface area contributed by atoms with Gasteiger partial charge in [-0.25, -0.2) is 0 Å². The lowest BCUT2D eigenvalue weighted by Crippen LogP contribution is -2.14. The van der Waals surface area contributed by atoms with Gasteiger partial charge in [-0.2, -0.15) is 0 Å². The third kappa shape index (κ3) is 4.11. The van der Waals surface area contributed by atoms with Crippen LogP contribution in [0.5, 0.6) is 0 Å². The highest BCUT2D eigenvalue weighted by molar-refractivity contribution is 5.22. The van der Waals surface area contributed by atoms with Gasteiger partial charge in [0.15, 0.2) is 0 Å². The molecule has 1 unspecified atom stereocenters. The molecule has 1 N–H and O–H groups in total. The summed E-state index contributed by atoms with van der Waals surface area (Å²) in [5.41, 5.74) is 2.53. The van der Waals surface area contributed by atoms with Crippen molar-refractivity contribution >= 4 is 0 Å². The second kappa shape index (κ2) is 6.74. The average molecular weight is 235 g/mol. The normalized spacial score (nSPS) is 19.7. The van der Waals surface area contributed by atoms with Gasteiger partial charge in [-0.15, -0.1) is 0 Å². The molecule has 0 spiro atoms. The highest BCUT2D eigenvalue weighted by Crippen LogP contribution is 2.13. The van der Waals surface area contributed by atoms with Gasteiger partial charge in [0.2, 0.25) is 0 Å². The Morgan fingerprint density at radius 3 is 3.06 bits per heavy atom. The predicted molar refractivity (Wildman–Crippen MR) is 67.8 cm³/mol. The van der Waals surface area contributed by atoms with E-state index in [0.29, 0.717) is 12.7 Å². The Labute approximate surface area is 103 Å². The Morgan fingerprint density at radius 1 is 1.41 bits per heavy atom. The van der Waals surface area contributed by atoms with Crippen LogP contribution in [0.4, 0.5) is 0 Å². The van der Waals surface area contributed by atoms with Crippen LogP contribution >= 0.6 is 0 Å². The molecule has 1 aliphatic heterocycles. The number of hydrogen-bond donors (Lipinski definition) is 1. The lowest BCUT2D eigenvalue weighted by Gasteiger charge is -2.10. The highest BCUT2D eigenvalue weighted by Gasteiger charge is 2.15. The molecular weight excluding hydrogens is 214 g/mol. The maximum absolute atomic E-state index is 5.69. The minimum atomic E-state index is 0.315. The summed E-state index contributed by atoms with van der Waals surface area (Å²) in [6.45, 7) is 3.19. The first-order chi connectivity index (χ1) is 8.38. The monoisotopic (exact) mass is 235 g/mol. The van der Waals surface area contributed by atoms with Gasteiger partial charge in [-0.1, -0.05) is 24.3 Å². The summed E-state index contributed by atoms with van der Waals surface area (Å²) >= 11 is 0. The minimum absolute atomic E-state index is 0.315. The Hall–Kier alpha value is -0.900. The summed E-state index contributed by atoms with van der Waals surface area (Å²) in [4.78, 5) is 0. The van der Waals surface area contributed by atoms with Crippen molar-refractivity contribution in [3.63, 3.8) is 0 Å². The highest BCUT2D eigenvalue weighted by atomic mass is 16.5. The van der Waals surface area contributed by atoms with E-state index in [9.17, 15) is 0 Å². The molecule has 1 heterocycles. The van der Waals surface area contributed by atoms with E-state index in [1.165, 1.54) is 17.5 Å². The topological polar surface area (TPSA) is 30.5 Å². The van der Waals surface area contributed by atoms with Gasteiger partial charge in [-0.05, 0) is 31.0 Å². The number of ether oxygens (including phenoxy) is 2. The average Bonchev–Trinajstić information content (AvgIpc) is 2.83. The molecule has 17 heavy (non-hydrogen) atoms. The number of rotatable bonds is 6. The van der Waals surface area contributed by atoms with Crippen LogP contribution in [-0.2, 0) is 22.6 Å². The van der Waals surface area contributed by atoms with Crippen molar-refractivity contribution in [2.75, 3.05) is 20.3 Å². The zero-order valence-electron chi connectivity index (χ0n) is 10.4. The molecule has 0 aromatic heterocycles. The van der Waals surface area contributed by atoms with Crippen molar-refractivity contribution in [3.05, 3.63) is 35.4 Å². The van der Waals surface area contributed by atoms with Gasteiger partial charge in [0.25, 0.3) is 0 Å². The SMILES string of the molecule is CNCc1cccc(COCC2CCCO2)c1. The second-order valence-electron chi connectivity index (χ2n) is 4.50. The summed E-state index contributed by atoms with van der Waals surface area (Å²) in [5, 5.41) is 3.15. The maximum Gasteiger partial charge on any atom is 0.0809 e. The largest absolute Gasteiger partial charge is 0.376 e. The maximum atomic E-state index is 5.69. The zero-order chi connectivity index (χ0) is 11.9. The lowest BCUT2D eigenvalue weighted by molar-refractivity contribution is 0.0106. The van der Waals surface area contributed by atoms with Crippen LogP contribution in [0.25, 0.3) is 0 Å². The van der Waals surface area contributed by atoms with Gasteiger partial charge >= 0.3 is 0 Å². The van der Waals surface area contributed by atoms with E-state index in [4.69, 9.17) is 9.47 Å². The van der Waals surface area contributed by atoms with E-state index in [1.807, 2.05) is 7.05 Å². The van der Waals surface area contributed by atoms with Crippen LogP contribution in [0, 0.1) is 0 Å².